The Balaban J connectivity index is 1.76. The van der Waals surface area contributed by atoms with Crippen LogP contribution in [0.15, 0.2) is 0 Å². The second-order valence-electron chi connectivity index (χ2n) is 5.29. The zero-order chi connectivity index (χ0) is 13.5. The fourth-order valence-electron chi connectivity index (χ4n) is 2.69. The van der Waals surface area contributed by atoms with Gasteiger partial charge in [0.1, 0.15) is 5.41 Å². The van der Waals surface area contributed by atoms with Gasteiger partial charge in [0, 0.05) is 4.88 Å². The molecule has 1 amide bonds. The van der Waals surface area contributed by atoms with Gasteiger partial charge in [0.2, 0.25) is 5.91 Å². The highest BCUT2D eigenvalue weighted by molar-refractivity contribution is 7.15. The Hall–Kier alpha value is -1.43. The fourth-order valence-corrected chi connectivity index (χ4v) is 3.74. The summed E-state index contributed by atoms with van der Waals surface area (Å²) in [7, 11) is 0. The van der Waals surface area contributed by atoms with Crippen LogP contribution >= 0.6 is 11.3 Å². The minimum Gasteiger partial charge on any atom is -0.480 e. The summed E-state index contributed by atoms with van der Waals surface area (Å²) in [6, 6.07) is 0. The second kappa shape index (κ2) is 4.59. The SMILES string of the molecule is O=C(O)C1(C(=O)Nc2nc3c(s2)CCCC3)CCC1. The summed E-state index contributed by atoms with van der Waals surface area (Å²) < 4.78 is 0. The number of aryl methyl sites for hydroxylation is 2. The summed E-state index contributed by atoms with van der Waals surface area (Å²) in [5, 5.41) is 12.5. The van der Waals surface area contributed by atoms with Crippen molar-refractivity contribution in [2.24, 2.45) is 5.41 Å². The molecule has 2 aliphatic carbocycles. The third-order valence-electron chi connectivity index (χ3n) is 4.12. The normalized spacial score (nSPS) is 20.2. The van der Waals surface area contributed by atoms with Crippen LogP contribution in [-0.2, 0) is 22.4 Å². The number of carbonyl (C=O) groups is 2. The minimum absolute atomic E-state index is 0.405. The Labute approximate surface area is 115 Å². The molecule has 19 heavy (non-hydrogen) atoms. The summed E-state index contributed by atoms with van der Waals surface area (Å²) >= 11 is 1.49. The maximum absolute atomic E-state index is 12.1. The van der Waals surface area contributed by atoms with Gasteiger partial charge in [-0.2, -0.15) is 0 Å². The summed E-state index contributed by atoms with van der Waals surface area (Å²) in [6.45, 7) is 0. The topological polar surface area (TPSA) is 79.3 Å². The number of nitrogens with zero attached hydrogens (tertiary/aromatic N) is 1. The van der Waals surface area contributed by atoms with Crippen molar-refractivity contribution in [1.82, 2.24) is 4.98 Å². The van der Waals surface area contributed by atoms with Crippen molar-refractivity contribution in [2.45, 2.75) is 44.9 Å². The van der Waals surface area contributed by atoms with Crippen molar-refractivity contribution in [3.63, 3.8) is 0 Å². The number of fused-ring (bicyclic) bond motifs is 1. The number of rotatable bonds is 3. The molecule has 0 radical (unpaired) electrons. The number of aliphatic carboxylic acids is 1. The van der Waals surface area contributed by atoms with Crippen molar-refractivity contribution in [1.29, 1.82) is 0 Å². The third-order valence-corrected chi connectivity index (χ3v) is 5.19. The number of carboxylic acid groups (broad SMARTS) is 1. The van der Waals surface area contributed by atoms with Gasteiger partial charge in [-0.25, -0.2) is 4.98 Å². The van der Waals surface area contributed by atoms with Crippen LogP contribution in [0.3, 0.4) is 0 Å². The zero-order valence-corrected chi connectivity index (χ0v) is 11.4. The number of anilines is 1. The molecule has 2 N–H and O–H groups in total. The van der Waals surface area contributed by atoms with Crippen molar-refractivity contribution in [3.05, 3.63) is 10.6 Å². The van der Waals surface area contributed by atoms with E-state index >= 15 is 0 Å². The Morgan fingerprint density at radius 1 is 1.21 bits per heavy atom. The Morgan fingerprint density at radius 3 is 2.53 bits per heavy atom. The molecule has 1 fully saturated rings. The molecule has 1 heterocycles. The van der Waals surface area contributed by atoms with Crippen molar-refractivity contribution >= 4 is 28.3 Å². The number of thiazole rings is 1. The highest BCUT2D eigenvalue weighted by atomic mass is 32.1. The van der Waals surface area contributed by atoms with E-state index in [2.05, 4.69) is 10.3 Å². The van der Waals surface area contributed by atoms with Gasteiger partial charge in [-0.15, -0.1) is 11.3 Å². The lowest BCUT2D eigenvalue weighted by molar-refractivity contribution is -0.159. The van der Waals surface area contributed by atoms with Crippen LogP contribution < -0.4 is 5.32 Å². The van der Waals surface area contributed by atoms with Gasteiger partial charge in [0.25, 0.3) is 0 Å². The van der Waals surface area contributed by atoms with E-state index in [1.807, 2.05) is 0 Å². The molecule has 5 nitrogen and oxygen atoms in total. The van der Waals surface area contributed by atoms with Gasteiger partial charge in [0.05, 0.1) is 5.69 Å². The number of carboxylic acids is 1. The molecule has 0 bridgehead atoms. The predicted molar refractivity (Wildman–Crippen MR) is 71.3 cm³/mol. The largest absolute Gasteiger partial charge is 0.480 e. The number of hydrogen-bond acceptors (Lipinski definition) is 4. The number of hydrogen-bond donors (Lipinski definition) is 2. The van der Waals surface area contributed by atoms with Crippen molar-refractivity contribution in [2.75, 3.05) is 5.32 Å². The molecule has 0 spiro atoms. The van der Waals surface area contributed by atoms with E-state index in [9.17, 15) is 14.7 Å². The van der Waals surface area contributed by atoms with Crippen molar-refractivity contribution < 1.29 is 14.7 Å². The lowest BCUT2D eigenvalue weighted by Gasteiger charge is -2.35. The molecule has 6 heteroatoms. The molecule has 3 rings (SSSR count). The van der Waals surface area contributed by atoms with Gasteiger partial charge >= 0.3 is 5.97 Å². The molecule has 102 valence electrons. The average molecular weight is 280 g/mol. The molecular weight excluding hydrogens is 264 g/mol. The molecule has 0 unspecified atom stereocenters. The van der Waals surface area contributed by atoms with Gasteiger partial charge in [0.15, 0.2) is 5.13 Å². The molecule has 0 atom stereocenters. The third kappa shape index (κ3) is 2.04. The summed E-state index contributed by atoms with van der Waals surface area (Å²) in [5.74, 6) is -1.42. The first-order valence-corrected chi connectivity index (χ1v) is 7.47. The average Bonchev–Trinajstić information content (AvgIpc) is 2.68. The summed E-state index contributed by atoms with van der Waals surface area (Å²) in [4.78, 5) is 29.0. The Bertz CT molecular complexity index is 510. The van der Waals surface area contributed by atoms with E-state index in [-0.39, 0.29) is 0 Å². The molecule has 0 saturated heterocycles. The van der Waals surface area contributed by atoms with E-state index in [4.69, 9.17) is 0 Å². The van der Waals surface area contributed by atoms with E-state index in [1.165, 1.54) is 22.6 Å². The van der Waals surface area contributed by atoms with Gasteiger partial charge in [-0.3, -0.25) is 9.59 Å². The monoisotopic (exact) mass is 280 g/mol. The molecular formula is C13H16N2O3S. The molecule has 1 saturated carbocycles. The van der Waals surface area contributed by atoms with E-state index < -0.39 is 17.3 Å². The molecule has 0 aliphatic heterocycles. The summed E-state index contributed by atoms with van der Waals surface area (Å²) in [5.41, 5.74) is -0.142. The molecule has 1 aromatic heterocycles. The van der Waals surface area contributed by atoms with E-state index in [0.717, 1.165) is 31.4 Å². The highest BCUT2D eigenvalue weighted by Crippen LogP contribution is 2.42. The van der Waals surface area contributed by atoms with Gasteiger partial charge in [-0.1, -0.05) is 6.42 Å². The first-order valence-electron chi connectivity index (χ1n) is 6.65. The summed E-state index contributed by atoms with van der Waals surface area (Å²) in [6.07, 6.45) is 5.95. The molecule has 1 aromatic rings. The van der Waals surface area contributed by atoms with Crippen LogP contribution in [0.5, 0.6) is 0 Å². The van der Waals surface area contributed by atoms with Gasteiger partial charge in [-0.05, 0) is 38.5 Å². The van der Waals surface area contributed by atoms with E-state index in [1.54, 1.807) is 0 Å². The van der Waals surface area contributed by atoms with E-state index in [0.29, 0.717) is 18.0 Å². The quantitative estimate of drug-likeness (QED) is 0.832. The number of carbonyl (C=O) groups excluding carboxylic acids is 1. The molecule has 2 aliphatic rings. The number of aromatic nitrogens is 1. The van der Waals surface area contributed by atoms with Gasteiger partial charge < -0.3 is 10.4 Å². The lowest BCUT2D eigenvalue weighted by atomic mass is 9.68. The maximum atomic E-state index is 12.1. The predicted octanol–water partition coefficient (Wildman–Crippen LogP) is 2.22. The zero-order valence-electron chi connectivity index (χ0n) is 10.6. The number of nitrogens with one attached hydrogen (secondary N) is 1. The Kier molecular flexibility index (Phi) is 3.05. The minimum atomic E-state index is -1.22. The van der Waals surface area contributed by atoms with Crippen LogP contribution in [0, 0.1) is 5.41 Å². The first-order chi connectivity index (χ1) is 9.12. The molecule has 0 aromatic carbocycles. The smallest absolute Gasteiger partial charge is 0.319 e. The maximum Gasteiger partial charge on any atom is 0.319 e. The highest BCUT2D eigenvalue weighted by Gasteiger charge is 2.51. The van der Waals surface area contributed by atoms with Crippen LogP contribution in [-0.4, -0.2) is 22.0 Å². The number of amides is 1. The lowest BCUT2D eigenvalue weighted by Crippen LogP contribution is -2.48. The van der Waals surface area contributed by atoms with Crippen LogP contribution in [0.4, 0.5) is 5.13 Å². The standard InChI is InChI=1S/C13H16N2O3S/c16-10(13(11(17)18)6-3-7-13)15-12-14-8-4-1-2-5-9(8)19-12/h1-7H2,(H,17,18)(H,14,15,16). The second-order valence-corrected chi connectivity index (χ2v) is 6.37. The van der Waals surface area contributed by atoms with Crippen molar-refractivity contribution in [3.8, 4) is 0 Å². The Morgan fingerprint density at radius 2 is 1.95 bits per heavy atom. The van der Waals surface area contributed by atoms with Crippen LogP contribution in [0.1, 0.15) is 42.7 Å². The van der Waals surface area contributed by atoms with Crippen LogP contribution in [0.25, 0.3) is 0 Å². The fraction of sp³-hybridized carbons (Fsp3) is 0.615. The first kappa shape index (κ1) is 12.6. The van der Waals surface area contributed by atoms with Crippen LogP contribution in [0.2, 0.25) is 0 Å².